The Morgan fingerprint density at radius 3 is 2.41 bits per heavy atom. The van der Waals surface area contributed by atoms with Gasteiger partial charge < -0.3 is 19.0 Å². The molecular weight excluding hydrogens is 230 g/mol. The summed E-state index contributed by atoms with van der Waals surface area (Å²) in [7, 11) is 4.01. The lowest BCUT2D eigenvalue weighted by Crippen LogP contribution is -2.35. The summed E-state index contributed by atoms with van der Waals surface area (Å²) in [5.41, 5.74) is 0. The van der Waals surface area contributed by atoms with Gasteiger partial charge in [-0.1, -0.05) is 0 Å². The lowest BCUT2D eigenvalue weighted by molar-refractivity contribution is -0.107. The fourth-order valence-electron chi connectivity index (χ4n) is 1.54. The maximum atomic E-state index is 11.3. The Hall–Kier alpha value is -1.50. The molecule has 2 atom stereocenters. The topological polar surface area (TPSA) is 74.3 Å². The summed E-state index contributed by atoms with van der Waals surface area (Å²) in [4.78, 5) is 27.0. The third-order valence-corrected chi connectivity index (χ3v) is 2.58. The Labute approximate surface area is 99.5 Å². The van der Waals surface area contributed by atoms with Gasteiger partial charge in [0, 0.05) is 13.7 Å². The zero-order chi connectivity index (χ0) is 12.8. The molecule has 7 nitrogen and oxygen atoms in total. The molecule has 0 aromatic heterocycles. The van der Waals surface area contributed by atoms with E-state index in [1.54, 1.807) is 7.11 Å². The monoisotopic (exact) mass is 247 g/mol. The predicted molar refractivity (Wildman–Crippen MR) is 56.1 cm³/mol. The van der Waals surface area contributed by atoms with E-state index in [0.29, 0.717) is 12.5 Å². The van der Waals surface area contributed by atoms with Crippen molar-refractivity contribution in [1.82, 2.24) is 5.06 Å². The standard InChI is InChI=1S/C10H17NO6/c1-14-6-8-4-7(8)5-11(9(12)15-2)17-10(13)16-3/h7-8H,4-6H2,1-3H3/t7-,8-/m0/s1. The molecule has 1 aliphatic carbocycles. The smallest absolute Gasteiger partial charge is 0.451 e. The minimum Gasteiger partial charge on any atom is -0.451 e. The molecule has 1 aliphatic rings. The Morgan fingerprint density at radius 1 is 1.18 bits per heavy atom. The summed E-state index contributed by atoms with van der Waals surface area (Å²) in [6.45, 7) is 0.924. The molecule has 0 aromatic rings. The van der Waals surface area contributed by atoms with Crippen molar-refractivity contribution < 1.29 is 28.6 Å². The van der Waals surface area contributed by atoms with Crippen molar-refractivity contribution >= 4 is 12.2 Å². The fraction of sp³-hybridized carbons (Fsp3) is 0.800. The fourth-order valence-corrected chi connectivity index (χ4v) is 1.54. The van der Waals surface area contributed by atoms with E-state index >= 15 is 0 Å². The van der Waals surface area contributed by atoms with E-state index in [1.807, 2.05) is 0 Å². The number of carbonyl (C=O) groups is 2. The third-order valence-electron chi connectivity index (χ3n) is 2.58. The van der Waals surface area contributed by atoms with Crippen LogP contribution < -0.4 is 0 Å². The first-order chi connectivity index (χ1) is 8.12. The van der Waals surface area contributed by atoms with Crippen molar-refractivity contribution in [2.24, 2.45) is 11.8 Å². The van der Waals surface area contributed by atoms with Gasteiger partial charge in [-0.2, -0.15) is 0 Å². The number of nitrogens with zero attached hydrogens (tertiary/aromatic N) is 1. The second-order valence-electron chi connectivity index (χ2n) is 3.79. The zero-order valence-corrected chi connectivity index (χ0v) is 10.2. The molecule has 1 rings (SSSR count). The minimum atomic E-state index is -0.945. The molecule has 0 N–H and O–H groups in total. The van der Waals surface area contributed by atoms with Crippen LogP contribution in [0.2, 0.25) is 0 Å². The van der Waals surface area contributed by atoms with E-state index < -0.39 is 12.2 Å². The number of carbonyl (C=O) groups excluding carboxylic acids is 2. The van der Waals surface area contributed by atoms with Crippen molar-refractivity contribution in [3.05, 3.63) is 0 Å². The molecule has 0 heterocycles. The largest absolute Gasteiger partial charge is 0.533 e. The summed E-state index contributed by atoms with van der Waals surface area (Å²) < 4.78 is 13.8. The Bertz CT molecular complexity index is 282. The van der Waals surface area contributed by atoms with Crippen LogP contribution in [0.15, 0.2) is 0 Å². The Morgan fingerprint density at radius 2 is 1.88 bits per heavy atom. The Balaban J connectivity index is 2.42. The minimum absolute atomic E-state index is 0.263. The number of hydrogen-bond acceptors (Lipinski definition) is 6. The highest BCUT2D eigenvalue weighted by molar-refractivity contribution is 5.69. The molecule has 1 saturated carbocycles. The van der Waals surface area contributed by atoms with E-state index in [0.717, 1.165) is 11.5 Å². The van der Waals surface area contributed by atoms with Crippen LogP contribution in [0, 0.1) is 11.8 Å². The molecule has 0 saturated heterocycles. The van der Waals surface area contributed by atoms with Gasteiger partial charge in [-0.3, -0.25) is 0 Å². The molecule has 0 bridgehead atoms. The maximum absolute atomic E-state index is 11.3. The van der Waals surface area contributed by atoms with Gasteiger partial charge in [0.2, 0.25) is 0 Å². The van der Waals surface area contributed by atoms with Crippen molar-refractivity contribution in [3.63, 3.8) is 0 Å². The van der Waals surface area contributed by atoms with Gasteiger partial charge in [0.25, 0.3) is 0 Å². The van der Waals surface area contributed by atoms with Gasteiger partial charge in [0.05, 0.1) is 20.8 Å². The summed E-state index contributed by atoms with van der Waals surface area (Å²) in [5, 5.41) is 0.867. The first-order valence-electron chi connectivity index (χ1n) is 5.22. The molecule has 7 heteroatoms. The Kier molecular flexibility index (Phi) is 5.02. The van der Waals surface area contributed by atoms with Crippen LogP contribution in [-0.2, 0) is 19.0 Å². The highest BCUT2D eigenvalue weighted by Crippen LogP contribution is 2.39. The second kappa shape index (κ2) is 6.29. The summed E-state index contributed by atoms with van der Waals surface area (Å²) >= 11 is 0. The third kappa shape index (κ3) is 4.10. The molecule has 0 radical (unpaired) electrons. The molecule has 0 unspecified atom stereocenters. The lowest BCUT2D eigenvalue weighted by atomic mass is 10.3. The van der Waals surface area contributed by atoms with Gasteiger partial charge in [-0.15, -0.1) is 5.06 Å². The van der Waals surface area contributed by atoms with Gasteiger partial charge >= 0.3 is 12.2 Å². The summed E-state index contributed by atoms with van der Waals surface area (Å²) in [6.07, 6.45) is -0.732. The molecular formula is C10H17NO6. The summed E-state index contributed by atoms with van der Waals surface area (Å²) in [5.74, 6) is 0.659. The highest BCUT2D eigenvalue weighted by Gasteiger charge is 2.40. The van der Waals surface area contributed by atoms with E-state index in [4.69, 9.17) is 4.74 Å². The average Bonchev–Trinajstić information content (AvgIpc) is 3.05. The van der Waals surface area contributed by atoms with Crippen molar-refractivity contribution in [2.45, 2.75) is 6.42 Å². The van der Waals surface area contributed by atoms with Crippen molar-refractivity contribution in [1.29, 1.82) is 0 Å². The molecule has 0 aliphatic heterocycles. The molecule has 0 aromatic carbocycles. The van der Waals surface area contributed by atoms with E-state index in [1.165, 1.54) is 14.2 Å². The summed E-state index contributed by atoms with van der Waals surface area (Å²) in [6, 6.07) is 0. The van der Waals surface area contributed by atoms with Crippen molar-refractivity contribution in [3.8, 4) is 0 Å². The number of methoxy groups -OCH3 is 3. The number of rotatable bonds is 4. The number of amides is 1. The number of hydrogen-bond donors (Lipinski definition) is 0. The van der Waals surface area contributed by atoms with E-state index in [2.05, 4.69) is 14.3 Å². The molecule has 1 amide bonds. The number of hydroxylamine groups is 2. The normalized spacial score (nSPS) is 21.6. The first kappa shape index (κ1) is 13.6. The van der Waals surface area contributed by atoms with Crippen LogP contribution in [-0.4, -0.2) is 51.8 Å². The van der Waals surface area contributed by atoms with Crippen LogP contribution in [0.5, 0.6) is 0 Å². The van der Waals surface area contributed by atoms with E-state index in [9.17, 15) is 9.59 Å². The average molecular weight is 247 g/mol. The van der Waals surface area contributed by atoms with E-state index in [-0.39, 0.29) is 12.5 Å². The molecule has 98 valence electrons. The van der Waals surface area contributed by atoms with Crippen LogP contribution in [0.25, 0.3) is 0 Å². The van der Waals surface area contributed by atoms with Gasteiger partial charge in [0.15, 0.2) is 0 Å². The van der Waals surface area contributed by atoms with Crippen molar-refractivity contribution in [2.75, 3.05) is 34.5 Å². The first-order valence-corrected chi connectivity index (χ1v) is 5.22. The van der Waals surface area contributed by atoms with Crippen LogP contribution in [0.3, 0.4) is 0 Å². The lowest BCUT2D eigenvalue weighted by Gasteiger charge is -2.18. The van der Waals surface area contributed by atoms with Gasteiger partial charge in [0.1, 0.15) is 0 Å². The second-order valence-corrected chi connectivity index (χ2v) is 3.79. The molecule has 1 fully saturated rings. The van der Waals surface area contributed by atoms with Crippen LogP contribution >= 0.6 is 0 Å². The van der Waals surface area contributed by atoms with Crippen LogP contribution in [0.4, 0.5) is 9.59 Å². The predicted octanol–water partition coefficient (Wildman–Crippen LogP) is 1.04. The van der Waals surface area contributed by atoms with Gasteiger partial charge in [-0.05, 0) is 18.3 Å². The zero-order valence-electron chi connectivity index (χ0n) is 10.2. The highest BCUT2D eigenvalue weighted by atomic mass is 16.8. The van der Waals surface area contributed by atoms with Crippen LogP contribution in [0.1, 0.15) is 6.42 Å². The van der Waals surface area contributed by atoms with Gasteiger partial charge in [-0.25, -0.2) is 9.59 Å². The quantitative estimate of drug-likeness (QED) is 0.545. The molecule has 17 heavy (non-hydrogen) atoms. The SMILES string of the molecule is COC[C@@H]1C[C@H]1CN(OC(=O)OC)C(=O)OC. The number of ether oxygens (including phenoxy) is 3. The maximum Gasteiger partial charge on any atom is 0.533 e. The molecule has 0 spiro atoms.